The van der Waals surface area contributed by atoms with Crippen LogP contribution in [0.1, 0.15) is 6.92 Å². The highest BCUT2D eigenvalue weighted by molar-refractivity contribution is 6.32. The van der Waals surface area contributed by atoms with E-state index in [9.17, 15) is 4.79 Å². The smallest absolute Gasteiger partial charge is 0.308 e. The zero-order valence-corrected chi connectivity index (χ0v) is 12.2. The highest BCUT2D eigenvalue weighted by Gasteiger charge is 2.18. The van der Waals surface area contributed by atoms with Crippen LogP contribution in [0.3, 0.4) is 0 Å². The van der Waals surface area contributed by atoms with Crippen molar-refractivity contribution >= 4 is 23.3 Å². The van der Waals surface area contributed by atoms with Crippen LogP contribution in [0.4, 0.5) is 5.69 Å². The molecule has 106 valence electrons. The van der Waals surface area contributed by atoms with E-state index in [0.717, 1.165) is 5.69 Å². The number of rotatable bonds is 6. The minimum Gasteiger partial charge on any atom is -0.495 e. The average Bonchev–Trinajstić information content (AvgIpc) is 2.37. The van der Waals surface area contributed by atoms with Gasteiger partial charge in [-0.25, -0.2) is 0 Å². The molecule has 0 amide bonds. The molecule has 1 aromatic carbocycles. The number of ether oxygens (including phenoxy) is 2. The van der Waals surface area contributed by atoms with Gasteiger partial charge in [-0.3, -0.25) is 4.79 Å². The van der Waals surface area contributed by atoms with Gasteiger partial charge in [0, 0.05) is 25.7 Å². The summed E-state index contributed by atoms with van der Waals surface area (Å²) in [6, 6.07) is 3.38. The van der Waals surface area contributed by atoms with Gasteiger partial charge in [0.15, 0.2) is 0 Å². The summed E-state index contributed by atoms with van der Waals surface area (Å²) in [7, 11) is 4.86. The van der Waals surface area contributed by atoms with Gasteiger partial charge >= 0.3 is 5.97 Å². The Labute approximate surface area is 117 Å². The number of hydrogen-bond donors (Lipinski definition) is 1. The van der Waals surface area contributed by atoms with E-state index in [1.54, 1.807) is 31.0 Å². The van der Waals surface area contributed by atoms with Crippen LogP contribution in [-0.2, 0) is 4.79 Å². The fourth-order valence-electron chi connectivity index (χ4n) is 1.73. The molecule has 5 nitrogen and oxygen atoms in total. The van der Waals surface area contributed by atoms with Crippen molar-refractivity contribution in [2.75, 3.05) is 32.7 Å². The SMILES string of the molecule is COc1cc(N(C)CC(C)C(=O)O)c(OC)cc1Cl. The summed E-state index contributed by atoms with van der Waals surface area (Å²) in [5.74, 6) is -0.235. The number of anilines is 1. The first-order valence-electron chi connectivity index (χ1n) is 5.76. The molecule has 19 heavy (non-hydrogen) atoms. The molecular formula is C13H18ClNO4. The number of carboxylic acids is 1. The van der Waals surface area contributed by atoms with E-state index >= 15 is 0 Å². The molecule has 0 saturated carbocycles. The standard InChI is InChI=1S/C13H18ClNO4/c1-8(13(16)17)7-15(2)10-6-11(18-3)9(14)5-12(10)19-4/h5-6,8H,7H2,1-4H3,(H,16,17). The maximum atomic E-state index is 10.9. The van der Waals surface area contributed by atoms with E-state index in [1.807, 2.05) is 0 Å². The molecule has 0 radical (unpaired) electrons. The summed E-state index contributed by atoms with van der Waals surface area (Å²) in [6.07, 6.45) is 0. The Bertz CT molecular complexity index is 464. The van der Waals surface area contributed by atoms with E-state index in [0.29, 0.717) is 23.1 Å². The lowest BCUT2D eigenvalue weighted by molar-refractivity contribution is -0.140. The number of halogens is 1. The quantitative estimate of drug-likeness (QED) is 0.871. The number of hydrogen-bond acceptors (Lipinski definition) is 4. The molecule has 0 heterocycles. The molecule has 0 aromatic heterocycles. The van der Waals surface area contributed by atoms with Crippen LogP contribution in [-0.4, -0.2) is 38.9 Å². The maximum absolute atomic E-state index is 10.9. The number of aliphatic carboxylic acids is 1. The van der Waals surface area contributed by atoms with Crippen molar-refractivity contribution in [3.8, 4) is 11.5 Å². The van der Waals surface area contributed by atoms with Gasteiger partial charge < -0.3 is 19.5 Å². The van der Waals surface area contributed by atoms with Crippen molar-refractivity contribution in [1.29, 1.82) is 0 Å². The van der Waals surface area contributed by atoms with Crippen LogP contribution >= 0.6 is 11.6 Å². The van der Waals surface area contributed by atoms with Crippen molar-refractivity contribution in [1.82, 2.24) is 0 Å². The predicted octanol–water partition coefficient (Wildman–Crippen LogP) is 2.51. The van der Waals surface area contributed by atoms with E-state index in [-0.39, 0.29) is 0 Å². The van der Waals surface area contributed by atoms with Gasteiger partial charge in [-0.2, -0.15) is 0 Å². The molecule has 0 saturated heterocycles. The molecule has 1 atom stereocenters. The molecule has 1 unspecified atom stereocenters. The topological polar surface area (TPSA) is 59.0 Å². The van der Waals surface area contributed by atoms with Crippen LogP contribution in [0.25, 0.3) is 0 Å². The average molecular weight is 288 g/mol. The van der Waals surface area contributed by atoms with Gasteiger partial charge in [-0.05, 0) is 0 Å². The van der Waals surface area contributed by atoms with Crippen LogP contribution in [0.2, 0.25) is 5.02 Å². The predicted molar refractivity (Wildman–Crippen MR) is 74.6 cm³/mol. The van der Waals surface area contributed by atoms with Gasteiger partial charge in [0.1, 0.15) is 11.5 Å². The molecule has 0 aliphatic carbocycles. The van der Waals surface area contributed by atoms with Crippen LogP contribution in [0.15, 0.2) is 12.1 Å². The van der Waals surface area contributed by atoms with Crippen molar-refractivity contribution in [3.05, 3.63) is 17.2 Å². The Hall–Kier alpha value is -1.62. The summed E-state index contributed by atoms with van der Waals surface area (Å²) < 4.78 is 10.4. The van der Waals surface area contributed by atoms with Crippen LogP contribution in [0.5, 0.6) is 11.5 Å². The molecule has 1 N–H and O–H groups in total. The molecule has 1 rings (SSSR count). The Kier molecular flexibility index (Phi) is 5.30. The van der Waals surface area contributed by atoms with E-state index in [4.69, 9.17) is 26.2 Å². The van der Waals surface area contributed by atoms with Crippen molar-refractivity contribution < 1.29 is 19.4 Å². The maximum Gasteiger partial charge on any atom is 0.308 e. The van der Waals surface area contributed by atoms with Gasteiger partial charge in [0.05, 0.1) is 30.8 Å². The molecule has 0 spiro atoms. The highest BCUT2D eigenvalue weighted by Crippen LogP contribution is 2.37. The highest BCUT2D eigenvalue weighted by atomic mass is 35.5. The number of carbonyl (C=O) groups is 1. The number of carboxylic acid groups (broad SMARTS) is 1. The summed E-state index contributed by atoms with van der Waals surface area (Å²) in [5, 5.41) is 9.39. The second kappa shape index (κ2) is 6.52. The molecule has 0 aliphatic heterocycles. The van der Waals surface area contributed by atoms with Crippen LogP contribution in [0, 0.1) is 5.92 Å². The molecule has 1 aromatic rings. The van der Waals surface area contributed by atoms with Crippen molar-refractivity contribution in [3.63, 3.8) is 0 Å². The molecular weight excluding hydrogens is 270 g/mol. The fraction of sp³-hybridized carbons (Fsp3) is 0.462. The molecule has 0 fully saturated rings. The second-order valence-corrected chi connectivity index (χ2v) is 4.69. The minimum atomic E-state index is -0.841. The Morgan fingerprint density at radius 2 is 1.95 bits per heavy atom. The van der Waals surface area contributed by atoms with Gasteiger partial charge in [-0.1, -0.05) is 18.5 Å². The first kappa shape index (κ1) is 15.4. The lowest BCUT2D eigenvalue weighted by Crippen LogP contribution is -2.28. The molecule has 0 bridgehead atoms. The zero-order valence-electron chi connectivity index (χ0n) is 11.4. The van der Waals surface area contributed by atoms with Crippen molar-refractivity contribution in [2.45, 2.75) is 6.92 Å². The van der Waals surface area contributed by atoms with E-state index in [1.165, 1.54) is 14.2 Å². The van der Waals surface area contributed by atoms with Gasteiger partial charge in [0.25, 0.3) is 0 Å². The Morgan fingerprint density at radius 1 is 1.37 bits per heavy atom. The number of benzene rings is 1. The fourth-order valence-corrected chi connectivity index (χ4v) is 1.96. The summed E-state index contributed by atoms with van der Waals surface area (Å²) >= 11 is 6.02. The first-order valence-corrected chi connectivity index (χ1v) is 6.14. The van der Waals surface area contributed by atoms with E-state index in [2.05, 4.69) is 0 Å². The number of nitrogens with zero attached hydrogens (tertiary/aromatic N) is 1. The molecule has 0 aliphatic rings. The van der Waals surface area contributed by atoms with Crippen LogP contribution < -0.4 is 14.4 Å². The van der Waals surface area contributed by atoms with Crippen molar-refractivity contribution in [2.24, 2.45) is 5.92 Å². The zero-order chi connectivity index (χ0) is 14.6. The van der Waals surface area contributed by atoms with E-state index < -0.39 is 11.9 Å². The molecule has 6 heteroatoms. The first-order chi connectivity index (χ1) is 8.90. The lowest BCUT2D eigenvalue weighted by Gasteiger charge is -2.24. The largest absolute Gasteiger partial charge is 0.495 e. The Morgan fingerprint density at radius 3 is 2.42 bits per heavy atom. The second-order valence-electron chi connectivity index (χ2n) is 4.28. The Balaban J connectivity index is 3.06. The third-order valence-electron chi connectivity index (χ3n) is 2.83. The summed E-state index contributed by atoms with van der Waals surface area (Å²) in [5.41, 5.74) is 0.733. The van der Waals surface area contributed by atoms with Gasteiger partial charge in [0.2, 0.25) is 0 Å². The lowest BCUT2D eigenvalue weighted by atomic mass is 10.1. The monoisotopic (exact) mass is 287 g/mol. The normalized spacial score (nSPS) is 11.8. The number of methoxy groups -OCH3 is 2. The van der Waals surface area contributed by atoms with Gasteiger partial charge in [-0.15, -0.1) is 0 Å². The third kappa shape index (κ3) is 3.67. The minimum absolute atomic E-state index is 0.358. The third-order valence-corrected chi connectivity index (χ3v) is 3.13. The summed E-state index contributed by atoms with van der Waals surface area (Å²) in [4.78, 5) is 12.7. The summed E-state index contributed by atoms with van der Waals surface area (Å²) in [6.45, 7) is 2.01.